The van der Waals surface area contributed by atoms with Crippen LogP contribution in [0.3, 0.4) is 0 Å². The van der Waals surface area contributed by atoms with Crippen molar-refractivity contribution < 1.29 is 24.2 Å². The number of phenolic OH excluding ortho intramolecular Hbond substituents is 1. The summed E-state index contributed by atoms with van der Waals surface area (Å²) in [5, 5.41) is 10.2. The lowest BCUT2D eigenvalue weighted by Gasteiger charge is -2.34. The second-order valence-corrected chi connectivity index (χ2v) is 7.83. The first kappa shape index (κ1) is 21.4. The summed E-state index contributed by atoms with van der Waals surface area (Å²) in [7, 11) is 1.43. The van der Waals surface area contributed by atoms with Gasteiger partial charge in [0.25, 0.3) is 0 Å². The first-order valence-electron chi connectivity index (χ1n) is 9.93. The number of benzene rings is 1. The number of rotatable bonds is 6. The molecule has 0 fully saturated rings. The van der Waals surface area contributed by atoms with E-state index in [1.54, 1.807) is 19.1 Å². The zero-order chi connectivity index (χ0) is 21.1. The van der Waals surface area contributed by atoms with E-state index in [1.807, 2.05) is 6.92 Å². The SMILES string of the molecule is CCCCOC(=O)C1C(C)=NC2=C(C(=O)CCC2)[C@@H]1c1cc(Cl)c(O)c(OC)c1. The molecule has 1 aromatic carbocycles. The van der Waals surface area contributed by atoms with E-state index < -0.39 is 17.8 Å². The van der Waals surface area contributed by atoms with Gasteiger partial charge in [-0.3, -0.25) is 14.6 Å². The summed E-state index contributed by atoms with van der Waals surface area (Å²) in [6, 6.07) is 3.21. The van der Waals surface area contributed by atoms with Crippen LogP contribution in [0.4, 0.5) is 0 Å². The van der Waals surface area contributed by atoms with Crippen LogP contribution in [0.2, 0.25) is 5.02 Å². The molecule has 2 aliphatic rings. The Morgan fingerprint density at radius 2 is 2.10 bits per heavy atom. The number of ketones is 1. The smallest absolute Gasteiger partial charge is 0.315 e. The van der Waals surface area contributed by atoms with Crippen LogP contribution in [-0.2, 0) is 14.3 Å². The van der Waals surface area contributed by atoms with Crippen LogP contribution < -0.4 is 4.74 Å². The molecular formula is C22H26ClNO5. The quantitative estimate of drug-likeness (QED) is 0.538. The average Bonchev–Trinajstić information content (AvgIpc) is 2.69. The van der Waals surface area contributed by atoms with Gasteiger partial charge in [0.05, 0.1) is 18.7 Å². The van der Waals surface area contributed by atoms with Crippen LogP contribution in [0.5, 0.6) is 11.5 Å². The molecule has 156 valence electrons. The largest absolute Gasteiger partial charge is 0.503 e. The number of allylic oxidation sites excluding steroid dienone is 2. The van der Waals surface area contributed by atoms with Gasteiger partial charge in [0.2, 0.25) is 0 Å². The van der Waals surface area contributed by atoms with Gasteiger partial charge in [-0.25, -0.2) is 0 Å². The Morgan fingerprint density at radius 1 is 1.34 bits per heavy atom. The van der Waals surface area contributed by atoms with E-state index in [2.05, 4.69) is 4.99 Å². The number of carbonyl (C=O) groups is 2. The van der Waals surface area contributed by atoms with Crippen molar-refractivity contribution in [1.29, 1.82) is 0 Å². The minimum absolute atomic E-state index is 0.0120. The summed E-state index contributed by atoms with van der Waals surface area (Å²) in [6.07, 6.45) is 3.53. The molecule has 0 bridgehead atoms. The van der Waals surface area contributed by atoms with Crippen LogP contribution >= 0.6 is 11.6 Å². The standard InChI is InChI=1S/C22H26ClNO5/c1-4-5-9-29-22(27)18-12(2)24-15-7-6-8-16(25)20(15)19(18)13-10-14(23)21(26)17(11-13)28-3/h10-11,18-19,26H,4-9H2,1-3H3/t18?,19-/m1/s1. The molecule has 3 rings (SSSR count). The highest BCUT2D eigenvalue weighted by atomic mass is 35.5. The number of phenols is 1. The highest BCUT2D eigenvalue weighted by Gasteiger charge is 2.43. The van der Waals surface area contributed by atoms with E-state index in [4.69, 9.17) is 21.1 Å². The van der Waals surface area contributed by atoms with Gasteiger partial charge in [0.15, 0.2) is 17.3 Å². The van der Waals surface area contributed by atoms with Crippen molar-refractivity contribution in [1.82, 2.24) is 0 Å². The normalized spacial score (nSPS) is 21.5. The average molecular weight is 420 g/mol. The van der Waals surface area contributed by atoms with E-state index in [-0.39, 0.29) is 22.3 Å². The van der Waals surface area contributed by atoms with Gasteiger partial charge in [-0.1, -0.05) is 24.9 Å². The van der Waals surface area contributed by atoms with Gasteiger partial charge in [0, 0.05) is 29.3 Å². The van der Waals surface area contributed by atoms with Gasteiger partial charge in [-0.15, -0.1) is 0 Å². The highest BCUT2D eigenvalue weighted by molar-refractivity contribution is 6.32. The first-order chi connectivity index (χ1) is 13.9. The zero-order valence-corrected chi connectivity index (χ0v) is 17.7. The zero-order valence-electron chi connectivity index (χ0n) is 17.0. The minimum atomic E-state index is -0.724. The van der Waals surface area contributed by atoms with E-state index in [0.717, 1.165) is 25.0 Å². The summed E-state index contributed by atoms with van der Waals surface area (Å²) in [6.45, 7) is 4.14. The fourth-order valence-corrected chi connectivity index (χ4v) is 4.23. The van der Waals surface area contributed by atoms with E-state index >= 15 is 0 Å². The van der Waals surface area contributed by atoms with Crippen molar-refractivity contribution in [3.63, 3.8) is 0 Å². The monoisotopic (exact) mass is 419 g/mol. The summed E-state index contributed by atoms with van der Waals surface area (Å²) in [5.41, 5.74) is 2.51. The number of nitrogens with zero attached hydrogens (tertiary/aromatic N) is 1. The second kappa shape index (κ2) is 8.99. The van der Waals surface area contributed by atoms with E-state index in [0.29, 0.717) is 36.3 Å². The molecule has 0 saturated heterocycles. The number of ether oxygens (including phenoxy) is 2. The Labute approximate surface area is 175 Å². The number of esters is 1. The predicted octanol–water partition coefficient (Wildman–Crippen LogP) is 4.58. The lowest BCUT2D eigenvalue weighted by atomic mass is 9.71. The molecule has 6 nitrogen and oxygen atoms in total. The topological polar surface area (TPSA) is 85.2 Å². The van der Waals surface area contributed by atoms with Gasteiger partial charge >= 0.3 is 5.97 Å². The Morgan fingerprint density at radius 3 is 2.79 bits per heavy atom. The molecule has 1 aliphatic carbocycles. The number of hydrogen-bond donors (Lipinski definition) is 1. The minimum Gasteiger partial charge on any atom is -0.503 e. The number of aliphatic imine (C=N–C) groups is 1. The fourth-order valence-electron chi connectivity index (χ4n) is 4.01. The third-order valence-electron chi connectivity index (χ3n) is 5.46. The molecule has 1 aliphatic heterocycles. The summed E-state index contributed by atoms with van der Waals surface area (Å²) < 4.78 is 10.7. The Kier molecular flexibility index (Phi) is 6.63. The van der Waals surface area contributed by atoms with Gasteiger partial charge in [0.1, 0.15) is 5.92 Å². The van der Waals surface area contributed by atoms with Crippen molar-refractivity contribution in [2.75, 3.05) is 13.7 Å². The highest BCUT2D eigenvalue weighted by Crippen LogP contribution is 2.46. The maximum absolute atomic E-state index is 13.0. The Hall–Kier alpha value is -2.34. The summed E-state index contributed by atoms with van der Waals surface area (Å²) >= 11 is 6.22. The maximum Gasteiger partial charge on any atom is 0.315 e. The lowest BCUT2D eigenvalue weighted by molar-refractivity contribution is -0.146. The molecule has 0 aromatic heterocycles. The number of aromatic hydroxyl groups is 1. The van der Waals surface area contributed by atoms with Gasteiger partial charge in [-0.2, -0.15) is 0 Å². The maximum atomic E-state index is 13.0. The molecule has 29 heavy (non-hydrogen) atoms. The fraction of sp³-hybridized carbons (Fsp3) is 0.500. The molecule has 0 spiro atoms. The van der Waals surface area contributed by atoms with E-state index in [9.17, 15) is 14.7 Å². The molecule has 1 aromatic rings. The number of hydrogen-bond acceptors (Lipinski definition) is 6. The third kappa shape index (κ3) is 4.17. The van der Waals surface area contributed by atoms with Crippen molar-refractivity contribution in [3.05, 3.63) is 34.0 Å². The Bertz CT molecular complexity index is 889. The number of unbranched alkanes of at least 4 members (excludes halogenated alkanes) is 1. The van der Waals surface area contributed by atoms with Crippen molar-refractivity contribution in [2.24, 2.45) is 10.9 Å². The van der Waals surface area contributed by atoms with Gasteiger partial charge < -0.3 is 14.6 Å². The van der Waals surface area contributed by atoms with Crippen LogP contribution in [0, 0.1) is 5.92 Å². The van der Waals surface area contributed by atoms with Gasteiger partial charge in [-0.05, 0) is 43.9 Å². The van der Waals surface area contributed by atoms with E-state index in [1.165, 1.54) is 7.11 Å². The Balaban J connectivity index is 2.12. The number of halogens is 1. The molecule has 2 atom stereocenters. The number of Topliss-reactive ketones (excluding diaryl/α,β-unsaturated/α-hetero) is 1. The molecule has 7 heteroatoms. The van der Waals surface area contributed by atoms with Crippen LogP contribution in [0.15, 0.2) is 28.4 Å². The van der Waals surface area contributed by atoms with Crippen LogP contribution in [-0.4, -0.2) is 36.3 Å². The molecular weight excluding hydrogens is 394 g/mol. The van der Waals surface area contributed by atoms with Crippen molar-refractivity contribution >= 4 is 29.1 Å². The van der Waals surface area contributed by atoms with Crippen molar-refractivity contribution in [3.8, 4) is 11.5 Å². The second-order valence-electron chi connectivity index (χ2n) is 7.42. The number of methoxy groups -OCH3 is 1. The summed E-state index contributed by atoms with van der Waals surface area (Å²) in [5.74, 6) is -1.70. The predicted molar refractivity (Wildman–Crippen MR) is 111 cm³/mol. The van der Waals surface area contributed by atoms with Crippen molar-refractivity contribution in [2.45, 2.75) is 51.9 Å². The third-order valence-corrected chi connectivity index (χ3v) is 5.75. The molecule has 0 radical (unpaired) electrons. The van der Waals surface area contributed by atoms with Crippen LogP contribution in [0.1, 0.15) is 57.4 Å². The lowest BCUT2D eigenvalue weighted by Crippen LogP contribution is -2.37. The molecule has 1 unspecified atom stereocenters. The molecule has 1 N–H and O–H groups in total. The molecule has 0 saturated carbocycles. The molecule has 0 amide bonds. The van der Waals surface area contributed by atoms with Crippen LogP contribution in [0.25, 0.3) is 0 Å². The summed E-state index contributed by atoms with van der Waals surface area (Å²) in [4.78, 5) is 30.5. The molecule has 1 heterocycles. The first-order valence-corrected chi connectivity index (χ1v) is 10.3. The number of carbonyl (C=O) groups excluding carboxylic acids is 2.